The zero-order chi connectivity index (χ0) is 10.7. The van der Waals surface area contributed by atoms with Crippen LogP contribution < -0.4 is 5.43 Å². The van der Waals surface area contributed by atoms with Gasteiger partial charge in [-0.2, -0.15) is 0 Å². The average Bonchev–Trinajstić information content (AvgIpc) is 2.35. The molecule has 5 heteroatoms. The molecule has 1 heterocycles. The van der Waals surface area contributed by atoms with Crippen LogP contribution in [0.3, 0.4) is 0 Å². The van der Waals surface area contributed by atoms with Crippen molar-refractivity contribution in [2.75, 3.05) is 6.54 Å². The molecule has 0 fully saturated rings. The molecule has 0 saturated heterocycles. The minimum atomic E-state index is -0.453. The van der Waals surface area contributed by atoms with Gasteiger partial charge >= 0.3 is 0 Å². The first kappa shape index (κ1) is 11.2. The molecule has 0 saturated carbocycles. The number of nitrogens with zero attached hydrogens (tertiary/aromatic N) is 1. The Morgan fingerprint density at radius 3 is 2.43 bits per heavy atom. The first-order valence-corrected chi connectivity index (χ1v) is 4.96. The van der Waals surface area contributed by atoms with Crippen LogP contribution in [0.15, 0.2) is 10.6 Å². The number of hydrazine groups is 1. The molecule has 0 spiro atoms. The summed E-state index contributed by atoms with van der Waals surface area (Å²) in [6.07, 6.45) is 1.91. The highest BCUT2D eigenvalue weighted by atomic mass is 35.5. The van der Waals surface area contributed by atoms with Crippen LogP contribution in [-0.4, -0.2) is 23.4 Å². The Kier molecular flexibility index (Phi) is 3.66. The summed E-state index contributed by atoms with van der Waals surface area (Å²) >= 11 is 5.64. The van der Waals surface area contributed by atoms with E-state index in [0.717, 1.165) is 17.9 Å². The Bertz CT molecular complexity index is 275. The molecule has 1 aliphatic rings. The van der Waals surface area contributed by atoms with Gasteiger partial charge in [-0.1, -0.05) is 24.9 Å². The average molecular weight is 217 g/mol. The number of halogens is 1. The number of rotatable bonds is 4. The van der Waals surface area contributed by atoms with E-state index >= 15 is 0 Å². The first-order valence-electron chi connectivity index (χ1n) is 4.58. The predicted octanol–water partition coefficient (Wildman–Crippen LogP) is 1.17. The maximum Gasteiger partial charge on any atom is 0.287 e. The minimum Gasteiger partial charge on any atom is -0.267 e. The van der Waals surface area contributed by atoms with Crippen LogP contribution in [0.4, 0.5) is 0 Å². The molecule has 0 bridgehead atoms. The second-order valence-corrected chi connectivity index (χ2v) is 3.52. The molecule has 4 nitrogen and oxygen atoms in total. The Morgan fingerprint density at radius 2 is 2.00 bits per heavy atom. The molecule has 0 aromatic rings. The molecular weight excluding hydrogens is 204 g/mol. The molecule has 14 heavy (non-hydrogen) atoms. The van der Waals surface area contributed by atoms with Crippen LogP contribution in [0.25, 0.3) is 0 Å². The molecule has 0 aliphatic carbocycles. The van der Waals surface area contributed by atoms with Gasteiger partial charge in [0.05, 0.1) is 0 Å². The lowest BCUT2D eigenvalue weighted by Crippen LogP contribution is -2.43. The van der Waals surface area contributed by atoms with Gasteiger partial charge in [-0.3, -0.25) is 9.59 Å². The molecule has 0 aromatic carbocycles. The molecule has 0 atom stereocenters. The van der Waals surface area contributed by atoms with E-state index in [1.165, 1.54) is 0 Å². The SMILES string of the molecule is CCCCNN1C(=O)C(C)=C(Cl)C1=O. The van der Waals surface area contributed by atoms with Gasteiger partial charge in [-0.25, -0.2) is 10.4 Å². The van der Waals surface area contributed by atoms with E-state index in [4.69, 9.17) is 11.6 Å². The van der Waals surface area contributed by atoms with Crippen molar-refractivity contribution < 1.29 is 9.59 Å². The second-order valence-electron chi connectivity index (χ2n) is 3.15. The molecule has 0 aromatic heterocycles. The fourth-order valence-corrected chi connectivity index (χ4v) is 1.29. The monoisotopic (exact) mass is 216 g/mol. The quantitative estimate of drug-likeness (QED) is 0.567. The number of unbranched alkanes of at least 4 members (excludes halogenated alkanes) is 1. The lowest BCUT2D eigenvalue weighted by molar-refractivity contribution is -0.141. The molecule has 2 amide bonds. The van der Waals surface area contributed by atoms with Crippen LogP contribution in [-0.2, 0) is 9.59 Å². The van der Waals surface area contributed by atoms with Gasteiger partial charge in [0.2, 0.25) is 0 Å². The predicted molar refractivity (Wildman–Crippen MR) is 53.3 cm³/mol. The number of hydrogen-bond acceptors (Lipinski definition) is 3. The summed E-state index contributed by atoms with van der Waals surface area (Å²) in [5.74, 6) is -0.804. The largest absolute Gasteiger partial charge is 0.287 e. The zero-order valence-corrected chi connectivity index (χ0v) is 9.02. The minimum absolute atomic E-state index is 0.0130. The summed E-state index contributed by atoms with van der Waals surface area (Å²) in [6, 6.07) is 0. The lowest BCUT2D eigenvalue weighted by atomic mass is 10.3. The summed E-state index contributed by atoms with van der Waals surface area (Å²) in [5.41, 5.74) is 3.06. The topological polar surface area (TPSA) is 49.4 Å². The number of carbonyl (C=O) groups excluding carboxylic acids is 2. The van der Waals surface area contributed by atoms with Gasteiger partial charge in [0.15, 0.2) is 0 Å². The van der Waals surface area contributed by atoms with E-state index in [1.54, 1.807) is 6.92 Å². The number of carbonyl (C=O) groups is 2. The smallest absolute Gasteiger partial charge is 0.267 e. The first-order chi connectivity index (χ1) is 6.59. The van der Waals surface area contributed by atoms with Gasteiger partial charge in [0, 0.05) is 12.1 Å². The molecule has 78 valence electrons. The van der Waals surface area contributed by atoms with E-state index in [-0.39, 0.29) is 10.9 Å². The highest BCUT2D eigenvalue weighted by Crippen LogP contribution is 2.21. The summed E-state index contributed by atoms with van der Waals surface area (Å²) in [6.45, 7) is 4.18. The number of amides is 2. The molecule has 1 aliphatic heterocycles. The number of nitrogens with one attached hydrogen (secondary N) is 1. The van der Waals surface area contributed by atoms with E-state index in [0.29, 0.717) is 12.1 Å². The van der Waals surface area contributed by atoms with E-state index in [2.05, 4.69) is 5.43 Å². The molecule has 1 N–H and O–H groups in total. The third kappa shape index (κ3) is 1.96. The zero-order valence-electron chi connectivity index (χ0n) is 8.26. The highest BCUT2D eigenvalue weighted by Gasteiger charge is 2.34. The van der Waals surface area contributed by atoms with Gasteiger partial charge in [0.25, 0.3) is 11.8 Å². The Morgan fingerprint density at radius 1 is 1.36 bits per heavy atom. The van der Waals surface area contributed by atoms with Crippen molar-refractivity contribution in [3.8, 4) is 0 Å². The van der Waals surface area contributed by atoms with Crippen LogP contribution in [0, 0.1) is 0 Å². The van der Waals surface area contributed by atoms with E-state index in [1.807, 2.05) is 6.92 Å². The van der Waals surface area contributed by atoms with Crippen molar-refractivity contribution in [1.29, 1.82) is 0 Å². The van der Waals surface area contributed by atoms with Crippen LogP contribution in [0.5, 0.6) is 0 Å². The fourth-order valence-electron chi connectivity index (χ4n) is 1.12. The molecule has 0 radical (unpaired) electrons. The van der Waals surface area contributed by atoms with Crippen LogP contribution in [0.1, 0.15) is 26.7 Å². The Balaban J connectivity index is 2.58. The lowest BCUT2D eigenvalue weighted by Gasteiger charge is -2.14. The molecular formula is C9H13ClN2O2. The summed E-state index contributed by atoms with van der Waals surface area (Å²) < 4.78 is 0. The second kappa shape index (κ2) is 4.57. The number of imide groups is 1. The maximum absolute atomic E-state index is 11.4. The van der Waals surface area contributed by atoms with Crippen molar-refractivity contribution in [2.45, 2.75) is 26.7 Å². The summed E-state index contributed by atoms with van der Waals surface area (Å²) in [4.78, 5) is 22.8. The van der Waals surface area contributed by atoms with Crippen molar-refractivity contribution in [1.82, 2.24) is 10.4 Å². The Labute approximate surface area is 87.9 Å². The van der Waals surface area contributed by atoms with Gasteiger partial charge in [-0.15, -0.1) is 0 Å². The number of hydrogen-bond donors (Lipinski definition) is 1. The maximum atomic E-state index is 11.4. The molecule has 0 unspecified atom stereocenters. The summed E-state index contributed by atoms with van der Waals surface area (Å²) in [5, 5.41) is 0.992. The van der Waals surface area contributed by atoms with Crippen LogP contribution in [0.2, 0.25) is 0 Å². The summed E-state index contributed by atoms with van der Waals surface area (Å²) in [7, 11) is 0. The third-order valence-corrected chi connectivity index (χ3v) is 2.49. The molecule has 1 rings (SSSR count). The highest BCUT2D eigenvalue weighted by molar-refractivity contribution is 6.47. The van der Waals surface area contributed by atoms with E-state index in [9.17, 15) is 9.59 Å². The van der Waals surface area contributed by atoms with Gasteiger partial charge in [-0.05, 0) is 13.3 Å². The third-order valence-electron chi connectivity index (χ3n) is 2.04. The van der Waals surface area contributed by atoms with Crippen molar-refractivity contribution >= 4 is 23.4 Å². The van der Waals surface area contributed by atoms with Gasteiger partial charge in [0.1, 0.15) is 5.03 Å². The normalized spacial score (nSPS) is 17.2. The van der Waals surface area contributed by atoms with Crippen molar-refractivity contribution in [3.63, 3.8) is 0 Å². The standard InChI is InChI=1S/C9H13ClN2O2/c1-3-4-5-11-12-8(13)6(2)7(10)9(12)14/h11H,3-5H2,1-2H3. The van der Waals surface area contributed by atoms with E-state index < -0.39 is 5.91 Å². The van der Waals surface area contributed by atoms with Crippen LogP contribution >= 0.6 is 11.6 Å². The van der Waals surface area contributed by atoms with Gasteiger partial charge < -0.3 is 0 Å². The fraction of sp³-hybridized carbons (Fsp3) is 0.556. The van der Waals surface area contributed by atoms with Crippen molar-refractivity contribution in [2.24, 2.45) is 0 Å². The Hall–Kier alpha value is -0.870. The van der Waals surface area contributed by atoms with Crippen molar-refractivity contribution in [3.05, 3.63) is 10.6 Å².